The molecular weight excluding hydrogens is 356 g/mol. The van der Waals surface area contributed by atoms with Gasteiger partial charge in [0.25, 0.3) is 0 Å². The summed E-state index contributed by atoms with van der Waals surface area (Å²) in [5, 5.41) is 3.04. The van der Waals surface area contributed by atoms with Gasteiger partial charge < -0.3 is 24.4 Å². The zero-order valence-electron chi connectivity index (χ0n) is 17.3. The Hall–Kier alpha value is -2.73. The normalized spacial score (nSPS) is 11.8. The molecule has 1 atom stereocenters. The zero-order valence-corrected chi connectivity index (χ0v) is 17.3. The predicted octanol–water partition coefficient (Wildman–Crippen LogP) is 3.06. The van der Waals surface area contributed by atoms with Crippen molar-refractivity contribution in [2.75, 3.05) is 42.0 Å². The van der Waals surface area contributed by atoms with Gasteiger partial charge in [-0.15, -0.1) is 0 Å². The Kier molecular flexibility index (Phi) is 8.14. The second-order valence-corrected chi connectivity index (χ2v) is 6.75. The Bertz CT molecular complexity index is 755. The highest BCUT2D eigenvalue weighted by Gasteiger charge is 2.19. The molecule has 2 aromatic rings. The van der Waals surface area contributed by atoms with E-state index in [2.05, 4.69) is 10.2 Å². The van der Waals surface area contributed by atoms with E-state index < -0.39 is 0 Å². The van der Waals surface area contributed by atoms with Gasteiger partial charge in [-0.2, -0.15) is 0 Å². The number of nitrogens with one attached hydrogen (secondary N) is 1. The molecule has 0 aliphatic heterocycles. The van der Waals surface area contributed by atoms with Gasteiger partial charge in [0, 0.05) is 24.6 Å². The quantitative estimate of drug-likeness (QED) is 0.680. The average molecular weight is 386 g/mol. The molecule has 0 saturated heterocycles. The molecule has 6 nitrogen and oxygen atoms in total. The summed E-state index contributed by atoms with van der Waals surface area (Å²) in [5.41, 5.74) is 2.05. The average Bonchev–Trinajstić information content (AvgIpc) is 2.72. The molecule has 28 heavy (non-hydrogen) atoms. The number of methoxy groups -OCH3 is 3. The van der Waals surface area contributed by atoms with Gasteiger partial charge in [0.05, 0.1) is 27.4 Å². The molecule has 0 radical (unpaired) electrons. The van der Waals surface area contributed by atoms with Crippen molar-refractivity contribution in [3.05, 3.63) is 53.6 Å². The fourth-order valence-electron chi connectivity index (χ4n) is 3.08. The monoisotopic (exact) mass is 386 g/mol. The molecule has 0 saturated carbocycles. The molecule has 2 aromatic carbocycles. The van der Waals surface area contributed by atoms with Crippen LogP contribution in [0.4, 0.5) is 0 Å². The summed E-state index contributed by atoms with van der Waals surface area (Å²) >= 11 is 0. The van der Waals surface area contributed by atoms with Crippen LogP contribution in [-0.4, -0.2) is 52.8 Å². The maximum absolute atomic E-state index is 12.4. The van der Waals surface area contributed by atoms with E-state index in [-0.39, 0.29) is 11.9 Å². The first-order valence-corrected chi connectivity index (χ1v) is 9.26. The van der Waals surface area contributed by atoms with E-state index in [1.54, 1.807) is 21.3 Å². The van der Waals surface area contributed by atoms with Crippen molar-refractivity contribution in [3.8, 4) is 17.2 Å². The van der Waals surface area contributed by atoms with Crippen molar-refractivity contribution >= 4 is 5.91 Å². The van der Waals surface area contributed by atoms with Gasteiger partial charge in [-0.3, -0.25) is 4.79 Å². The first-order chi connectivity index (χ1) is 13.5. The molecule has 0 unspecified atom stereocenters. The van der Waals surface area contributed by atoms with E-state index in [0.717, 1.165) is 28.4 Å². The molecule has 6 heteroatoms. The zero-order chi connectivity index (χ0) is 20.5. The van der Waals surface area contributed by atoms with Crippen LogP contribution >= 0.6 is 0 Å². The SMILES string of the molecule is COc1cc(CCC(=O)NC[C@@H](c2ccccc2OC)N(C)C)cc(OC)c1. The maximum atomic E-state index is 12.4. The molecule has 0 aliphatic rings. The fraction of sp³-hybridized carbons (Fsp3) is 0.409. The molecular formula is C22H30N2O4. The molecule has 0 spiro atoms. The van der Waals surface area contributed by atoms with Crippen LogP contribution < -0.4 is 19.5 Å². The van der Waals surface area contributed by atoms with E-state index in [4.69, 9.17) is 14.2 Å². The minimum Gasteiger partial charge on any atom is -0.497 e. The second-order valence-electron chi connectivity index (χ2n) is 6.75. The molecule has 1 amide bonds. The van der Waals surface area contributed by atoms with Crippen molar-refractivity contribution < 1.29 is 19.0 Å². The van der Waals surface area contributed by atoms with E-state index in [1.807, 2.05) is 56.6 Å². The summed E-state index contributed by atoms with van der Waals surface area (Å²) in [7, 11) is 8.87. The summed E-state index contributed by atoms with van der Waals surface area (Å²) in [6.45, 7) is 0.508. The number of hydrogen-bond donors (Lipinski definition) is 1. The lowest BCUT2D eigenvalue weighted by Crippen LogP contribution is -2.34. The fourth-order valence-corrected chi connectivity index (χ4v) is 3.08. The number of para-hydroxylation sites is 1. The number of hydrogen-bond acceptors (Lipinski definition) is 5. The lowest BCUT2D eigenvalue weighted by atomic mass is 10.0. The topological polar surface area (TPSA) is 60.0 Å². The van der Waals surface area contributed by atoms with Crippen molar-refractivity contribution in [1.29, 1.82) is 0 Å². The number of aryl methyl sites for hydroxylation is 1. The molecule has 1 N–H and O–H groups in total. The number of benzene rings is 2. The third-order valence-corrected chi connectivity index (χ3v) is 4.67. The van der Waals surface area contributed by atoms with Crippen LogP contribution in [0.1, 0.15) is 23.6 Å². The van der Waals surface area contributed by atoms with Crippen LogP contribution in [0.2, 0.25) is 0 Å². The lowest BCUT2D eigenvalue weighted by molar-refractivity contribution is -0.121. The van der Waals surface area contributed by atoms with Crippen LogP contribution in [0, 0.1) is 0 Å². The van der Waals surface area contributed by atoms with Gasteiger partial charge in [0.1, 0.15) is 17.2 Å². The number of nitrogens with zero attached hydrogens (tertiary/aromatic N) is 1. The first-order valence-electron chi connectivity index (χ1n) is 9.26. The molecule has 0 bridgehead atoms. The summed E-state index contributed by atoms with van der Waals surface area (Å²) in [6, 6.07) is 13.6. The number of rotatable bonds is 10. The number of carbonyl (C=O) groups excluding carboxylic acids is 1. The Morgan fingerprint density at radius 2 is 1.64 bits per heavy atom. The maximum Gasteiger partial charge on any atom is 0.220 e. The molecule has 0 heterocycles. The highest BCUT2D eigenvalue weighted by Crippen LogP contribution is 2.27. The summed E-state index contributed by atoms with van der Waals surface area (Å²) < 4.78 is 16.0. The van der Waals surface area contributed by atoms with Crippen molar-refractivity contribution in [2.24, 2.45) is 0 Å². The van der Waals surface area contributed by atoms with Crippen molar-refractivity contribution in [3.63, 3.8) is 0 Å². The lowest BCUT2D eigenvalue weighted by Gasteiger charge is -2.26. The highest BCUT2D eigenvalue weighted by atomic mass is 16.5. The van der Waals surface area contributed by atoms with Crippen LogP contribution in [-0.2, 0) is 11.2 Å². The summed E-state index contributed by atoms with van der Waals surface area (Å²) in [4.78, 5) is 14.5. The Balaban J connectivity index is 1.97. The summed E-state index contributed by atoms with van der Waals surface area (Å²) in [6.07, 6.45) is 1.00. The van der Waals surface area contributed by atoms with Crippen molar-refractivity contribution in [1.82, 2.24) is 10.2 Å². The van der Waals surface area contributed by atoms with Gasteiger partial charge in [0.15, 0.2) is 0 Å². The number of likely N-dealkylation sites (N-methyl/N-ethyl adjacent to an activating group) is 1. The van der Waals surface area contributed by atoms with Crippen LogP contribution in [0.3, 0.4) is 0 Å². The standard InChI is InChI=1S/C22H30N2O4/c1-24(2)20(19-8-6-7-9-21(19)28-5)15-23-22(25)11-10-16-12-17(26-3)14-18(13-16)27-4/h6-9,12-14,20H,10-11,15H2,1-5H3,(H,23,25)/t20-/m0/s1. The Labute approximate surface area is 167 Å². The van der Waals surface area contributed by atoms with E-state index in [1.165, 1.54) is 0 Å². The highest BCUT2D eigenvalue weighted by molar-refractivity contribution is 5.76. The van der Waals surface area contributed by atoms with E-state index in [9.17, 15) is 4.79 Å². The van der Waals surface area contributed by atoms with Gasteiger partial charge in [0.2, 0.25) is 5.91 Å². The van der Waals surface area contributed by atoms with Gasteiger partial charge >= 0.3 is 0 Å². The molecule has 0 fully saturated rings. The molecule has 0 aliphatic carbocycles. The smallest absolute Gasteiger partial charge is 0.220 e. The van der Waals surface area contributed by atoms with Gasteiger partial charge in [-0.25, -0.2) is 0 Å². The second kappa shape index (κ2) is 10.6. The van der Waals surface area contributed by atoms with Gasteiger partial charge in [-0.1, -0.05) is 18.2 Å². The number of amides is 1. The first kappa shape index (κ1) is 21.6. The Morgan fingerprint density at radius 3 is 2.21 bits per heavy atom. The largest absolute Gasteiger partial charge is 0.497 e. The third-order valence-electron chi connectivity index (χ3n) is 4.67. The van der Waals surface area contributed by atoms with Crippen LogP contribution in [0.15, 0.2) is 42.5 Å². The molecule has 2 rings (SSSR count). The number of carbonyl (C=O) groups is 1. The minimum absolute atomic E-state index is 0.00327. The number of ether oxygens (including phenoxy) is 3. The van der Waals surface area contributed by atoms with Gasteiger partial charge in [-0.05, 0) is 44.3 Å². The molecule has 0 aromatic heterocycles. The molecule has 152 valence electrons. The van der Waals surface area contributed by atoms with E-state index in [0.29, 0.717) is 19.4 Å². The third kappa shape index (κ3) is 5.89. The predicted molar refractivity (Wildman–Crippen MR) is 110 cm³/mol. The van der Waals surface area contributed by atoms with Crippen LogP contribution in [0.5, 0.6) is 17.2 Å². The summed E-state index contributed by atoms with van der Waals surface area (Å²) in [5.74, 6) is 2.26. The van der Waals surface area contributed by atoms with E-state index >= 15 is 0 Å². The minimum atomic E-state index is 0.00327. The Morgan fingerprint density at radius 1 is 1.00 bits per heavy atom. The van der Waals surface area contributed by atoms with Crippen molar-refractivity contribution in [2.45, 2.75) is 18.9 Å². The van der Waals surface area contributed by atoms with Crippen LogP contribution in [0.25, 0.3) is 0 Å².